The van der Waals surface area contributed by atoms with Crippen LogP contribution in [0, 0.1) is 0 Å². The van der Waals surface area contributed by atoms with Crippen molar-refractivity contribution in [1.82, 2.24) is 0 Å². The Balaban J connectivity index is 0. The summed E-state index contributed by atoms with van der Waals surface area (Å²) < 4.78 is 4.82. The summed E-state index contributed by atoms with van der Waals surface area (Å²) >= 11 is 0. The molecule has 58 valence electrons. The van der Waals surface area contributed by atoms with Gasteiger partial charge in [-0.1, -0.05) is 55.8 Å². The smallest absolute Gasteiger partial charge is 0 e. The zero-order chi connectivity index (χ0) is 7.71. The van der Waals surface area contributed by atoms with Crippen LogP contribution in [-0.2, 0) is 19.5 Å². The van der Waals surface area contributed by atoms with Crippen molar-refractivity contribution in [3.63, 3.8) is 0 Å². The SMILES string of the molecule is C[Si](C)(C)[N-][Si](C)(C)C.[Zn]. The largest absolute Gasteiger partial charge is 0.668 e. The molecule has 0 heterocycles. The predicted molar refractivity (Wildman–Crippen MR) is 50.1 cm³/mol. The van der Waals surface area contributed by atoms with Crippen molar-refractivity contribution in [2.24, 2.45) is 0 Å². The van der Waals surface area contributed by atoms with Gasteiger partial charge in [-0.15, -0.1) is 0 Å². The molecule has 0 spiro atoms. The van der Waals surface area contributed by atoms with Crippen molar-refractivity contribution >= 4 is 16.5 Å². The van der Waals surface area contributed by atoms with Crippen molar-refractivity contribution in [2.45, 2.75) is 39.3 Å². The molecule has 0 saturated heterocycles. The Morgan fingerprint density at radius 2 is 0.900 bits per heavy atom. The van der Waals surface area contributed by atoms with Crippen LogP contribution in [0.4, 0.5) is 0 Å². The number of hydrogen-bond acceptors (Lipinski definition) is 0. The van der Waals surface area contributed by atoms with Gasteiger partial charge in [0, 0.05) is 19.5 Å². The van der Waals surface area contributed by atoms with E-state index in [1.165, 1.54) is 0 Å². The first kappa shape index (κ1) is 13.6. The van der Waals surface area contributed by atoms with E-state index in [4.69, 9.17) is 4.65 Å². The summed E-state index contributed by atoms with van der Waals surface area (Å²) in [4.78, 5) is 0. The normalized spacial score (nSPS) is 12.6. The molecule has 10 heavy (non-hydrogen) atoms. The third-order valence-corrected chi connectivity index (χ3v) is 6.04. The zero-order valence-corrected chi connectivity index (χ0v) is 13.1. The minimum absolute atomic E-state index is 0. The van der Waals surface area contributed by atoms with Gasteiger partial charge in [0.2, 0.25) is 0 Å². The molecule has 0 amide bonds. The quantitative estimate of drug-likeness (QED) is 0.642. The Hall–Kier alpha value is 1.02. The third-order valence-electron chi connectivity index (χ3n) is 0.671. The summed E-state index contributed by atoms with van der Waals surface area (Å²) in [7, 11) is -2.21. The topological polar surface area (TPSA) is 14.1 Å². The van der Waals surface area contributed by atoms with Gasteiger partial charge in [-0.05, 0) is 0 Å². The molecule has 0 unspecified atom stereocenters. The number of rotatable bonds is 2. The molecule has 0 aromatic heterocycles. The van der Waals surface area contributed by atoms with Gasteiger partial charge in [-0.3, -0.25) is 0 Å². The molecule has 0 bridgehead atoms. The maximum atomic E-state index is 4.82. The van der Waals surface area contributed by atoms with Crippen molar-refractivity contribution in [3.8, 4) is 0 Å². The maximum absolute atomic E-state index is 4.82. The van der Waals surface area contributed by atoms with Gasteiger partial charge in [0.15, 0.2) is 0 Å². The number of nitrogens with zero attached hydrogens (tertiary/aromatic N) is 1. The molecule has 1 nitrogen and oxygen atoms in total. The summed E-state index contributed by atoms with van der Waals surface area (Å²) in [6.45, 7) is 13.8. The summed E-state index contributed by atoms with van der Waals surface area (Å²) in [5.41, 5.74) is 0. The van der Waals surface area contributed by atoms with E-state index in [2.05, 4.69) is 39.3 Å². The van der Waals surface area contributed by atoms with E-state index in [-0.39, 0.29) is 19.5 Å². The van der Waals surface area contributed by atoms with Gasteiger partial charge in [-0.25, -0.2) is 0 Å². The van der Waals surface area contributed by atoms with Crippen LogP contribution in [0.1, 0.15) is 0 Å². The summed E-state index contributed by atoms with van der Waals surface area (Å²) in [6.07, 6.45) is 0. The van der Waals surface area contributed by atoms with E-state index in [0.717, 1.165) is 0 Å². The molecule has 0 atom stereocenters. The van der Waals surface area contributed by atoms with Crippen LogP contribution < -0.4 is 0 Å². The van der Waals surface area contributed by atoms with Crippen LogP contribution in [0.3, 0.4) is 0 Å². The van der Waals surface area contributed by atoms with Gasteiger partial charge in [-0.2, -0.15) is 0 Å². The predicted octanol–water partition coefficient (Wildman–Crippen LogP) is 3.03. The van der Waals surface area contributed by atoms with Gasteiger partial charge in [0.25, 0.3) is 0 Å². The standard InChI is InChI=1S/C6H18NSi2.Zn/c1-8(2,3)7-9(4,5)6;/h1-6H3;/q-1;. The molecule has 0 rings (SSSR count). The molecule has 4 heteroatoms. The van der Waals surface area contributed by atoms with Crippen molar-refractivity contribution in [3.05, 3.63) is 4.65 Å². The number of hydrogen-bond donors (Lipinski definition) is 0. The third kappa shape index (κ3) is 11.8. The van der Waals surface area contributed by atoms with Crippen LogP contribution in [0.25, 0.3) is 4.65 Å². The minimum atomic E-state index is -1.11. The van der Waals surface area contributed by atoms with E-state index in [1.54, 1.807) is 0 Å². The van der Waals surface area contributed by atoms with Gasteiger partial charge < -0.3 is 4.65 Å². The van der Waals surface area contributed by atoms with E-state index in [9.17, 15) is 0 Å². The first-order valence-corrected chi connectivity index (χ1v) is 10.3. The molecule has 0 aromatic rings. The molecule has 0 fully saturated rings. The Labute approximate surface area is 79.9 Å². The molecule has 0 aromatic carbocycles. The second kappa shape index (κ2) is 4.15. The molecule has 0 aliphatic carbocycles. The average molecular weight is 226 g/mol. The fourth-order valence-corrected chi connectivity index (χ4v) is 9.06. The summed E-state index contributed by atoms with van der Waals surface area (Å²) in [5.74, 6) is 0. The van der Waals surface area contributed by atoms with E-state index < -0.39 is 16.5 Å². The Morgan fingerprint density at radius 3 is 0.900 bits per heavy atom. The summed E-state index contributed by atoms with van der Waals surface area (Å²) in [5, 5.41) is 0. The van der Waals surface area contributed by atoms with Gasteiger partial charge in [0.05, 0.1) is 0 Å². The van der Waals surface area contributed by atoms with Crippen LogP contribution in [0.15, 0.2) is 0 Å². The zero-order valence-electron chi connectivity index (χ0n) is 8.15. The monoisotopic (exact) mass is 224 g/mol. The Morgan fingerprint density at radius 1 is 0.700 bits per heavy atom. The second-order valence-electron chi connectivity index (χ2n) is 4.45. The average Bonchev–Trinajstić information content (AvgIpc) is 1.14. The fraction of sp³-hybridized carbons (Fsp3) is 1.00. The van der Waals surface area contributed by atoms with Crippen molar-refractivity contribution in [1.29, 1.82) is 0 Å². The first-order valence-electron chi connectivity index (χ1n) is 3.45. The Kier molecular flexibility index (Phi) is 5.64. The molecule has 0 aliphatic rings. The van der Waals surface area contributed by atoms with E-state index >= 15 is 0 Å². The van der Waals surface area contributed by atoms with E-state index in [0.29, 0.717) is 0 Å². The van der Waals surface area contributed by atoms with Gasteiger partial charge >= 0.3 is 0 Å². The van der Waals surface area contributed by atoms with Gasteiger partial charge in [0.1, 0.15) is 0 Å². The molecular formula is C6H18NSi2Zn-. The summed E-state index contributed by atoms with van der Waals surface area (Å²) in [6, 6.07) is 0. The van der Waals surface area contributed by atoms with Crippen LogP contribution in [0.5, 0.6) is 0 Å². The molecule has 0 saturated carbocycles. The van der Waals surface area contributed by atoms with Crippen molar-refractivity contribution < 1.29 is 19.5 Å². The van der Waals surface area contributed by atoms with Crippen LogP contribution in [-0.4, -0.2) is 16.5 Å². The van der Waals surface area contributed by atoms with Crippen LogP contribution in [0.2, 0.25) is 39.3 Å². The Bertz CT molecular complexity index is 80.9. The minimum Gasteiger partial charge on any atom is -0.668 e. The maximum Gasteiger partial charge on any atom is 0 e. The molecule has 0 aliphatic heterocycles. The van der Waals surface area contributed by atoms with E-state index in [1.807, 2.05) is 0 Å². The van der Waals surface area contributed by atoms with Crippen molar-refractivity contribution in [2.75, 3.05) is 0 Å². The first-order chi connectivity index (χ1) is 3.71. The molecular weight excluding hydrogens is 208 g/mol. The molecule has 0 radical (unpaired) electrons. The fourth-order valence-electron chi connectivity index (χ4n) is 1.01. The molecule has 0 N–H and O–H groups in total. The second-order valence-corrected chi connectivity index (χ2v) is 14.0. The van der Waals surface area contributed by atoms with Crippen LogP contribution >= 0.6 is 0 Å².